The average molecular weight is 509 g/mol. The summed E-state index contributed by atoms with van der Waals surface area (Å²) in [7, 11) is 0. The van der Waals surface area contributed by atoms with Gasteiger partial charge in [-0.15, -0.1) is 0 Å². The molecule has 2 aromatic carbocycles. The van der Waals surface area contributed by atoms with E-state index in [1.54, 1.807) is 0 Å². The number of oxime groups is 1. The van der Waals surface area contributed by atoms with Crippen molar-refractivity contribution in [2.24, 2.45) is 10.1 Å². The Balaban J connectivity index is 1.20. The van der Waals surface area contributed by atoms with Gasteiger partial charge in [0.1, 0.15) is 18.0 Å². The Morgan fingerprint density at radius 3 is 2.41 bits per heavy atom. The number of ether oxygens (including phenoxy) is 3. The van der Waals surface area contributed by atoms with E-state index in [9.17, 15) is 9.90 Å². The van der Waals surface area contributed by atoms with Gasteiger partial charge in [0.25, 0.3) is 0 Å². The third kappa shape index (κ3) is 6.94. The second kappa shape index (κ2) is 13.5. The van der Waals surface area contributed by atoms with Gasteiger partial charge in [-0.1, -0.05) is 48.5 Å². The van der Waals surface area contributed by atoms with Crippen molar-refractivity contribution in [2.75, 3.05) is 52.8 Å². The van der Waals surface area contributed by atoms with E-state index >= 15 is 0 Å². The summed E-state index contributed by atoms with van der Waals surface area (Å²) in [6, 6.07) is 15.3. The SMILES string of the molecule is CCC(=O)NCCOCCOCCOCCON=C1C(c2c(O)[nH]c3ccccc23)=Nc2ccccc21. The van der Waals surface area contributed by atoms with Crippen LogP contribution in [0.15, 0.2) is 58.7 Å². The molecule has 3 N–H and O–H groups in total. The normalized spacial score (nSPS) is 13.6. The predicted octanol–water partition coefficient (Wildman–Crippen LogP) is 3.30. The number of aliphatic imine (C=N–C) groups is 1. The molecule has 1 aliphatic heterocycles. The van der Waals surface area contributed by atoms with Gasteiger partial charge in [0.15, 0.2) is 5.88 Å². The zero-order chi connectivity index (χ0) is 25.9. The number of hydrogen-bond donors (Lipinski definition) is 3. The third-order valence-electron chi connectivity index (χ3n) is 5.65. The van der Waals surface area contributed by atoms with Gasteiger partial charge >= 0.3 is 0 Å². The molecule has 0 radical (unpaired) electrons. The molecule has 37 heavy (non-hydrogen) atoms. The Morgan fingerprint density at radius 2 is 1.62 bits per heavy atom. The van der Waals surface area contributed by atoms with Crippen molar-refractivity contribution < 1.29 is 28.9 Å². The Hall–Kier alpha value is -3.73. The molecule has 1 aromatic heterocycles. The number of aromatic nitrogens is 1. The van der Waals surface area contributed by atoms with Gasteiger partial charge in [0.2, 0.25) is 5.91 Å². The molecule has 0 saturated carbocycles. The van der Waals surface area contributed by atoms with E-state index in [1.165, 1.54) is 0 Å². The molecule has 0 bridgehead atoms. The second-order valence-corrected chi connectivity index (χ2v) is 8.19. The van der Waals surface area contributed by atoms with Crippen LogP contribution in [0.5, 0.6) is 5.88 Å². The lowest BCUT2D eigenvalue weighted by Gasteiger charge is -2.08. The monoisotopic (exact) mass is 508 g/mol. The largest absolute Gasteiger partial charge is 0.494 e. The summed E-state index contributed by atoms with van der Waals surface area (Å²) in [6.07, 6.45) is 0.473. The minimum atomic E-state index is 0.0163. The number of aromatic hydroxyl groups is 1. The minimum Gasteiger partial charge on any atom is -0.494 e. The average Bonchev–Trinajstić information content (AvgIpc) is 3.44. The van der Waals surface area contributed by atoms with Crippen LogP contribution in [-0.4, -0.2) is 80.2 Å². The van der Waals surface area contributed by atoms with Crippen LogP contribution in [0.2, 0.25) is 0 Å². The summed E-state index contributed by atoms with van der Waals surface area (Å²) in [5.41, 5.74) is 4.14. The van der Waals surface area contributed by atoms with Gasteiger partial charge < -0.3 is 34.5 Å². The molecule has 1 aliphatic rings. The Labute approximate surface area is 215 Å². The number of carbonyl (C=O) groups is 1. The summed E-state index contributed by atoms with van der Waals surface area (Å²) < 4.78 is 16.4. The molecule has 0 unspecified atom stereocenters. The lowest BCUT2D eigenvalue weighted by Crippen LogP contribution is -2.26. The number of H-pyrrole nitrogens is 1. The summed E-state index contributed by atoms with van der Waals surface area (Å²) in [5, 5.41) is 18.6. The van der Waals surface area contributed by atoms with Gasteiger partial charge in [-0.05, 0) is 12.1 Å². The first-order chi connectivity index (χ1) is 18.2. The van der Waals surface area contributed by atoms with Crippen LogP contribution in [0.1, 0.15) is 24.5 Å². The van der Waals surface area contributed by atoms with Gasteiger partial charge in [0, 0.05) is 29.4 Å². The van der Waals surface area contributed by atoms with E-state index < -0.39 is 0 Å². The van der Waals surface area contributed by atoms with Crippen molar-refractivity contribution in [3.05, 3.63) is 59.7 Å². The molecule has 3 aromatic rings. The summed E-state index contributed by atoms with van der Waals surface area (Å²) in [5.74, 6) is 0.0556. The maximum atomic E-state index is 11.1. The van der Waals surface area contributed by atoms with Gasteiger partial charge in [-0.3, -0.25) is 4.79 Å². The summed E-state index contributed by atoms with van der Waals surface area (Å²) >= 11 is 0. The summed E-state index contributed by atoms with van der Waals surface area (Å²) in [6.45, 7) is 5.15. The number of nitrogens with zero attached hydrogens (tertiary/aromatic N) is 2. The Morgan fingerprint density at radius 1 is 0.946 bits per heavy atom. The zero-order valence-corrected chi connectivity index (χ0v) is 20.9. The highest BCUT2D eigenvalue weighted by molar-refractivity contribution is 6.58. The molecule has 0 spiro atoms. The Kier molecular flexibility index (Phi) is 9.64. The fraction of sp³-hybridized carbons (Fsp3) is 0.370. The van der Waals surface area contributed by atoms with E-state index in [0.29, 0.717) is 69.6 Å². The minimum absolute atomic E-state index is 0.0163. The van der Waals surface area contributed by atoms with E-state index in [0.717, 1.165) is 22.2 Å². The highest BCUT2D eigenvalue weighted by Crippen LogP contribution is 2.35. The van der Waals surface area contributed by atoms with Gasteiger partial charge in [0.05, 0.1) is 50.9 Å². The number of benzene rings is 2. The first-order valence-electron chi connectivity index (χ1n) is 12.4. The lowest BCUT2D eigenvalue weighted by atomic mass is 10.0. The quantitative estimate of drug-likeness (QED) is 0.214. The van der Waals surface area contributed by atoms with Crippen LogP contribution in [-0.2, 0) is 23.8 Å². The highest BCUT2D eigenvalue weighted by Gasteiger charge is 2.29. The number of hydrogen-bond acceptors (Lipinski definition) is 8. The fourth-order valence-electron chi connectivity index (χ4n) is 3.84. The number of fused-ring (bicyclic) bond motifs is 2. The molecule has 0 atom stereocenters. The first-order valence-corrected chi connectivity index (χ1v) is 12.4. The number of carbonyl (C=O) groups excluding carboxylic acids is 1. The smallest absolute Gasteiger partial charge is 0.219 e. The topological polar surface area (TPSA) is 127 Å². The molecule has 196 valence electrons. The highest BCUT2D eigenvalue weighted by atomic mass is 16.6. The van der Waals surface area contributed by atoms with E-state index in [4.69, 9.17) is 24.0 Å². The molecular formula is C27H32N4O6. The number of nitrogens with one attached hydrogen (secondary N) is 2. The molecular weight excluding hydrogens is 476 g/mol. The predicted molar refractivity (Wildman–Crippen MR) is 141 cm³/mol. The second-order valence-electron chi connectivity index (χ2n) is 8.19. The molecule has 10 nitrogen and oxygen atoms in total. The Bertz CT molecular complexity index is 1250. The molecule has 0 fully saturated rings. The van der Waals surface area contributed by atoms with Gasteiger partial charge in [-0.2, -0.15) is 0 Å². The lowest BCUT2D eigenvalue weighted by molar-refractivity contribution is -0.121. The van der Waals surface area contributed by atoms with Crippen molar-refractivity contribution in [3.8, 4) is 5.88 Å². The van der Waals surface area contributed by atoms with Crippen LogP contribution in [0.3, 0.4) is 0 Å². The van der Waals surface area contributed by atoms with Gasteiger partial charge in [-0.25, -0.2) is 4.99 Å². The summed E-state index contributed by atoms with van der Waals surface area (Å²) in [4.78, 5) is 24.4. The molecule has 1 amide bonds. The van der Waals surface area contributed by atoms with Crippen LogP contribution in [0.25, 0.3) is 10.9 Å². The van der Waals surface area contributed by atoms with Crippen molar-refractivity contribution in [3.63, 3.8) is 0 Å². The number of rotatable bonds is 15. The standard InChI is InChI=1S/C27H32N4O6/c1-2-23(32)28-11-12-34-13-14-35-15-16-36-17-18-37-31-25-20-8-4-6-10-22(20)29-26(25)24-19-7-3-5-9-21(19)30-27(24)33/h3-10,30,33H,2,11-18H2,1H3,(H,28,32). The van der Waals surface area contributed by atoms with Crippen molar-refractivity contribution in [1.82, 2.24) is 10.3 Å². The maximum absolute atomic E-state index is 11.1. The first kappa shape index (κ1) is 26.3. The molecule has 0 aliphatic carbocycles. The number of amides is 1. The molecule has 10 heteroatoms. The molecule has 2 heterocycles. The zero-order valence-electron chi connectivity index (χ0n) is 20.9. The third-order valence-corrected chi connectivity index (χ3v) is 5.65. The van der Waals surface area contributed by atoms with Crippen LogP contribution >= 0.6 is 0 Å². The van der Waals surface area contributed by atoms with Crippen molar-refractivity contribution in [1.29, 1.82) is 0 Å². The fourth-order valence-corrected chi connectivity index (χ4v) is 3.84. The number of aromatic amines is 1. The van der Waals surface area contributed by atoms with Crippen LogP contribution < -0.4 is 5.32 Å². The van der Waals surface area contributed by atoms with E-state index in [2.05, 4.69) is 15.5 Å². The number of para-hydroxylation sites is 2. The van der Waals surface area contributed by atoms with Crippen LogP contribution in [0, 0.1) is 0 Å². The maximum Gasteiger partial charge on any atom is 0.219 e. The molecule has 4 rings (SSSR count). The van der Waals surface area contributed by atoms with Crippen molar-refractivity contribution >= 4 is 33.9 Å². The van der Waals surface area contributed by atoms with E-state index in [-0.39, 0.29) is 18.4 Å². The molecule has 0 saturated heterocycles. The van der Waals surface area contributed by atoms with E-state index in [1.807, 2.05) is 55.5 Å². The van der Waals surface area contributed by atoms with Crippen molar-refractivity contribution in [2.45, 2.75) is 13.3 Å². The van der Waals surface area contributed by atoms with Crippen LogP contribution in [0.4, 0.5) is 5.69 Å².